The van der Waals surface area contributed by atoms with E-state index in [9.17, 15) is 0 Å². The van der Waals surface area contributed by atoms with Gasteiger partial charge in [0.15, 0.2) is 0 Å². The number of aromatic nitrogens is 1. The highest BCUT2D eigenvalue weighted by atomic mass is 16.3. The van der Waals surface area contributed by atoms with Gasteiger partial charge in [-0.3, -0.25) is 0 Å². The molecule has 2 aliphatic rings. The summed E-state index contributed by atoms with van der Waals surface area (Å²) in [6.45, 7) is 28.1. The first kappa shape index (κ1) is 35.4. The molecule has 1 unspecified atom stereocenters. The average Bonchev–Trinajstić information content (AvgIpc) is 3.67. The lowest BCUT2D eigenvalue weighted by atomic mass is 9.41. The molecule has 0 aliphatic carbocycles. The van der Waals surface area contributed by atoms with Crippen molar-refractivity contribution >= 4 is 61.5 Å². The average molecular weight is 732 g/mol. The van der Waals surface area contributed by atoms with Crippen molar-refractivity contribution in [2.45, 2.75) is 111 Å². The molecule has 2 aromatic heterocycles. The third-order valence-corrected chi connectivity index (χ3v) is 13.1. The van der Waals surface area contributed by atoms with Gasteiger partial charge in [0.25, 0.3) is 0 Å². The fourth-order valence-corrected chi connectivity index (χ4v) is 9.91. The van der Waals surface area contributed by atoms with Gasteiger partial charge in [-0.25, -0.2) is 0 Å². The van der Waals surface area contributed by atoms with Crippen LogP contribution in [-0.4, -0.2) is 11.3 Å². The summed E-state index contributed by atoms with van der Waals surface area (Å²) in [6, 6.07) is 40.4. The standard InChI is InChI=1S/C53H54BNO/c1-50(2,3)31-17-15-16-30(24-31)45-39-26-32(51(4,5)6)20-22-42(39)54-47-40(45)29-38-35-18-13-14-19-44(35)56-49(38)46(47)41-28-34(53(10,11)12)27-37-36-25-33(52(7,8)9)21-23-43(36)55(54)48(37)41/h13-29,45H,1-12H3. The van der Waals surface area contributed by atoms with E-state index in [1.165, 1.54) is 93.6 Å². The van der Waals surface area contributed by atoms with Crippen LogP contribution >= 0.6 is 0 Å². The van der Waals surface area contributed by atoms with Crippen molar-refractivity contribution in [1.82, 2.24) is 4.48 Å². The maximum absolute atomic E-state index is 7.08. The van der Waals surface area contributed by atoms with Crippen molar-refractivity contribution in [1.29, 1.82) is 0 Å². The number of fused-ring (bicyclic) bond motifs is 11. The largest absolute Gasteiger partial charge is 0.455 e. The Morgan fingerprint density at radius 3 is 1.88 bits per heavy atom. The maximum Gasteiger partial charge on any atom is 0.329 e. The number of hydrogen-bond acceptors (Lipinski definition) is 1. The second-order valence-electron chi connectivity index (χ2n) is 21.1. The summed E-state index contributed by atoms with van der Waals surface area (Å²) in [5.74, 6) is 0.0508. The van der Waals surface area contributed by atoms with E-state index in [4.69, 9.17) is 4.42 Å². The van der Waals surface area contributed by atoms with Crippen molar-refractivity contribution in [2.24, 2.45) is 0 Å². The van der Waals surface area contributed by atoms with Crippen LogP contribution in [0.2, 0.25) is 0 Å². The van der Waals surface area contributed by atoms with Crippen LogP contribution in [0.1, 0.15) is 128 Å². The molecule has 56 heavy (non-hydrogen) atoms. The van der Waals surface area contributed by atoms with Gasteiger partial charge in [-0.05, 0) is 108 Å². The summed E-state index contributed by atoms with van der Waals surface area (Å²) >= 11 is 0. The Kier molecular flexibility index (Phi) is 7.15. The number of para-hydroxylation sites is 1. The van der Waals surface area contributed by atoms with E-state index < -0.39 is 0 Å². The zero-order valence-electron chi connectivity index (χ0n) is 35.3. The molecule has 0 saturated carbocycles. The highest BCUT2D eigenvalue weighted by Crippen LogP contribution is 2.50. The third-order valence-electron chi connectivity index (χ3n) is 13.1. The molecule has 0 saturated heterocycles. The number of hydrogen-bond donors (Lipinski definition) is 0. The molecule has 8 aromatic rings. The van der Waals surface area contributed by atoms with Gasteiger partial charge in [0, 0.05) is 49.6 Å². The lowest BCUT2D eigenvalue weighted by molar-refractivity contribution is 0.588. The highest BCUT2D eigenvalue weighted by Gasteiger charge is 2.45. The lowest BCUT2D eigenvalue weighted by Gasteiger charge is -2.39. The van der Waals surface area contributed by atoms with E-state index in [1.807, 2.05) is 0 Å². The minimum absolute atomic E-state index is 0.00226. The van der Waals surface area contributed by atoms with Crippen molar-refractivity contribution in [2.75, 3.05) is 0 Å². The molecule has 2 nitrogen and oxygen atoms in total. The zero-order chi connectivity index (χ0) is 39.4. The molecule has 4 heterocycles. The van der Waals surface area contributed by atoms with Gasteiger partial charge in [-0.15, -0.1) is 0 Å². The normalized spacial score (nSPS) is 15.6. The van der Waals surface area contributed by atoms with Crippen LogP contribution in [-0.2, 0) is 21.7 Å². The summed E-state index contributed by atoms with van der Waals surface area (Å²) in [6.07, 6.45) is 0. The quantitative estimate of drug-likeness (QED) is 0.154. The SMILES string of the molecule is CC(C)(C)c1cccc(C2c3cc(C(C)(C)C)ccc3B3c4c2cc2c(oc5ccccc52)c4-c2cc(C(C)(C)C)cc4c5cc(C(C)(C)C)ccc5n3c24)c1. The van der Waals surface area contributed by atoms with Crippen LogP contribution in [0.15, 0.2) is 108 Å². The predicted octanol–water partition coefficient (Wildman–Crippen LogP) is 13.0. The Labute approximate surface area is 333 Å². The van der Waals surface area contributed by atoms with Crippen molar-refractivity contribution in [3.05, 3.63) is 142 Å². The fraction of sp³-hybridized carbons (Fsp3) is 0.321. The van der Waals surface area contributed by atoms with Crippen LogP contribution in [0, 0.1) is 0 Å². The van der Waals surface area contributed by atoms with E-state index in [-0.39, 0.29) is 34.4 Å². The molecule has 0 radical (unpaired) electrons. The minimum atomic E-state index is -0.0503. The second kappa shape index (κ2) is 11.3. The van der Waals surface area contributed by atoms with Crippen LogP contribution in [0.5, 0.6) is 0 Å². The zero-order valence-corrected chi connectivity index (χ0v) is 35.3. The number of rotatable bonds is 1. The summed E-state index contributed by atoms with van der Waals surface area (Å²) in [5.41, 5.74) is 19.5. The van der Waals surface area contributed by atoms with E-state index in [2.05, 4.69) is 191 Å². The Morgan fingerprint density at radius 1 is 0.518 bits per heavy atom. The molecule has 0 N–H and O–H groups in total. The first-order chi connectivity index (χ1) is 26.3. The molecule has 0 fully saturated rings. The number of nitrogens with zero attached hydrogens (tertiary/aromatic N) is 1. The summed E-state index contributed by atoms with van der Waals surface area (Å²) in [4.78, 5) is 0. The topological polar surface area (TPSA) is 18.1 Å². The van der Waals surface area contributed by atoms with Crippen molar-refractivity contribution < 1.29 is 4.42 Å². The van der Waals surface area contributed by atoms with E-state index >= 15 is 0 Å². The smallest absolute Gasteiger partial charge is 0.329 e. The number of furan rings is 1. The van der Waals surface area contributed by atoms with Gasteiger partial charge in [-0.2, -0.15) is 0 Å². The van der Waals surface area contributed by atoms with Crippen LogP contribution in [0.3, 0.4) is 0 Å². The van der Waals surface area contributed by atoms with Gasteiger partial charge in [0.1, 0.15) is 11.2 Å². The Morgan fingerprint density at radius 2 is 1.16 bits per heavy atom. The highest BCUT2D eigenvalue weighted by molar-refractivity contribution is 6.88. The first-order valence-electron chi connectivity index (χ1n) is 20.7. The Hall–Kier alpha value is -5.02. The molecule has 280 valence electrons. The molecule has 3 heteroatoms. The van der Waals surface area contributed by atoms with E-state index in [0.29, 0.717) is 0 Å². The van der Waals surface area contributed by atoms with Gasteiger partial charge in [0.05, 0.1) is 0 Å². The summed E-state index contributed by atoms with van der Waals surface area (Å²) in [5, 5.41) is 5.05. The molecule has 1 atom stereocenters. The fourth-order valence-electron chi connectivity index (χ4n) is 9.91. The van der Waals surface area contributed by atoms with Crippen LogP contribution in [0.25, 0.3) is 54.9 Å². The van der Waals surface area contributed by atoms with E-state index in [1.54, 1.807) is 0 Å². The molecule has 2 aliphatic heterocycles. The monoisotopic (exact) mass is 731 g/mol. The number of benzene rings is 6. The second-order valence-corrected chi connectivity index (χ2v) is 21.1. The van der Waals surface area contributed by atoms with Crippen LogP contribution < -0.4 is 10.9 Å². The van der Waals surface area contributed by atoms with Gasteiger partial charge >= 0.3 is 6.85 Å². The Bertz CT molecular complexity index is 2960. The predicted molar refractivity (Wildman–Crippen MR) is 241 cm³/mol. The van der Waals surface area contributed by atoms with E-state index in [0.717, 1.165) is 11.2 Å². The molecule has 0 bridgehead atoms. The molecular weight excluding hydrogens is 677 g/mol. The summed E-state index contributed by atoms with van der Waals surface area (Å²) in [7, 11) is 0. The molecule has 10 rings (SSSR count). The summed E-state index contributed by atoms with van der Waals surface area (Å²) < 4.78 is 9.80. The first-order valence-corrected chi connectivity index (χ1v) is 20.7. The van der Waals surface area contributed by atoms with Crippen molar-refractivity contribution in [3.8, 4) is 11.1 Å². The van der Waals surface area contributed by atoms with Crippen molar-refractivity contribution in [3.63, 3.8) is 0 Å². The third kappa shape index (κ3) is 5.01. The van der Waals surface area contributed by atoms with Gasteiger partial charge < -0.3 is 8.90 Å². The minimum Gasteiger partial charge on any atom is -0.455 e. The van der Waals surface area contributed by atoms with Crippen LogP contribution in [0.4, 0.5) is 0 Å². The van der Waals surface area contributed by atoms with Gasteiger partial charge in [-0.1, -0.05) is 150 Å². The van der Waals surface area contributed by atoms with Gasteiger partial charge in [0.2, 0.25) is 0 Å². The molecule has 0 spiro atoms. The molecular formula is C53H54BNO. The maximum atomic E-state index is 7.08. The lowest BCUT2D eigenvalue weighted by Crippen LogP contribution is -2.57. The molecule has 0 amide bonds. The molecule has 6 aromatic carbocycles. The Balaban J connectivity index is 1.44.